The third kappa shape index (κ3) is 4.41. The highest BCUT2D eigenvalue weighted by atomic mass is 32.1. The number of alkyl halides is 2. The van der Waals surface area contributed by atoms with E-state index in [9.17, 15) is 13.6 Å². The number of amides is 1. The molecule has 0 aliphatic carbocycles. The summed E-state index contributed by atoms with van der Waals surface area (Å²) in [6.45, 7) is 4.98. The molecule has 0 radical (unpaired) electrons. The molecule has 0 unspecified atom stereocenters. The molecule has 134 valence electrons. The lowest BCUT2D eigenvalue weighted by Gasteiger charge is -2.29. The molecule has 0 bridgehead atoms. The molecule has 1 fully saturated rings. The SMILES string of the molecule is CC1CCN(Cc2csc(NC(=O)C(F)(F)c3ccccc3)n2)CC1. The first-order chi connectivity index (χ1) is 11.9. The molecule has 3 rings (SSSR count). The van der Waals surface area contributed by atoms with E-state index in [1.54, 1.807) is 6.07 Å². The second-order valence-electron chi connectivity index (χ2n) is 6.50. The number of carbonyl (C=O) groups excluding carboxylic acids is 1. The summed E-state index contributed by atoms with van der Waals surface area (Å²) in [6, 6.07) is 7.08. The van der Waals surface area contributed by atoms with Gasteiger partial charge in [0.1, 0.15) is 0 Å². The number of halogens is 2. The van der Waals surface area contributed by atoms with E-state index >= 15 is 0 Å². The number of aromatic nitrogens is 1. The van der Waals surface area contributed by atoms with E-state index in [2.05, 4.69) is 22.1 Å². The van der Waals surface area contributed by atoms with Crippen LogP contribution in [-0.4, -0.2) is 28.9 Å². The summed E-state index contributed by atoms with van der Waals surface area (Å²) in [5.41, 5.74) is 0.476. The van der Waals surface area contributed by atoms with Crippen LogP contribution in [0.2, 0.25) is 0 Å². The molecule has 1 N–H and O–H groups in total. The smallest absolute Gasteiger partial charge is 0.297 e. The van der Waals surface area contributed by atoms with E-state index in [0.29, 0.717) is 6.54 Å². The van der Waals surface area contributed by atoms with Gasteiger partial charge in [-0.15, -0.1) is 11.3 Å². The number of nitrogens with one attached hydrogen (secondary N) is 1. The maximum Gasteiger partial charge on any atom is 0.350 e. The van der Waals surface area contributed by atoms with Crippen molar-refractivity contribution < 1.29 is 13.6 Å². The summed E-state index contributed by atoms with van der Waals surface area (Å²) in [4.78, 5) is 18.6. The molecule has 7 heteroatoms. The Morgan fingerprint density at radius 2 is 2.00 bits per heavy atom. The van der Waals surface area contributed by atoms with Gasteiger partial charge >= 0.3 is 11.8 Å². The van der Waals surface area contributed by atoms with Gasteiger partial charge < -0.3 is 0 Å². The van der Waals surface area contributed by atoms with Crippen LogP contribution in [0.4, 0.5) is 13.9 Å². The molecule has 4 nitrogen and oxygen atoms in total. The van der Waals surface area contributed by atoms with Gasteiger partial charge in [0.05, 0.1) is 5.69 Å². The van der Waals surface area contributed by atoms with E-state index in [1.807, 2.05) is 5.38 Å². The standard InChI is InChI=1S/C18H21F2N3OS/c1-13-7-9-23(10-8-13)11-15-12-25-17(21-15)22-16(24)18(19,20)14-5-3-2-4-6-14/h2-6,12-13H,7-11H2,1H3,(H,21,22,24). The van der Waals surface area contributed by atoms with E-state index < -0.39 is 11.8 Å². The van der Waals surface area contributed by atoms with Crippen LogP contribution in [0.5, 0.6) is 0 Å². The molecule has 1 aromatic heterocycles. The number of benzene rings is 1. The second kappa shape index (κ2) is 7.58. The Balaban J connectivity index is 1.60. The summed E-state index contributed by atoms with van der Waals surface area (Å²) in [6.07, 6.45) is 2.33. The van der Waals surface area contributed by atoms with E-state index in [1.165, 1.54) is 35.6 Å². The molecular formula is C18H21F2N3OS. The Bertz CT molecular complexity index is 712. The van der Waals surface area contributed by atoms with Gasteiger partial charge in [-0.05, 0) is 31.8 Å². The Hall–Kier alpha value is -1.86. The fraction of sp³-hybridized carbons (Fsp3) is 0.444. The largest absolute Gasteiger partial charge is 0.350 e. The van der Waals surface area contributed by atoms with Gasteiger partial charge in [-0.25, -0.2) is 4.98 Å². The lowest BCUT2D eigenvalue weighted by atomic mass is 9.99. The van der Waals surface area contributed by atoms with Crippen LogP contribution < -0.4 is 5.32 Å². The second-order valence-corrected chi connectivity index (χ2v) is 7.36. The molecule has 1 aliphatic rings. The number of anilines is 1. The monoisotopic (exact) mass is 365 g/mol. The summed E-state index contributed by atoms with van der Waals surface area (Å²) in [5.74, 6) is -4.19. The highest BCUT2D eigenvalue weighted by Crippen LogP contribution is 2.30. The molecule has 2 aromatic rings. The number of piperidine rings is 1. The number of rotatable bonds is 5. The van der Waals surface area contributed by atoms with Crippen molar-refractivity contribution in [2.24, 2.45) is 5.92 Å². The van der Waals surface area contributed by atoms with Gasteiger partial charge in [-0.2, -0.15) is 8.78 Å². The minimum Gasteiger partial charge on any atom is -0.297 e. The van der Waals surface area contributed by atoms with Crippen molar-refractivity contribution in [2.45, 2.75) is 32.2 Å². The average Bonchev–Trinajstić information content (AvgIpc) is 3.04. The summed E-state index contributed by atoms with van der Waals surface area (Å²) >= 11 is 1.18. The maximum absolute atomic E-state index is 14.2. The summed E-state index contributed by atoms with van der Waals surface area (Å²) < 4.78 is 28.4. The Morgan fingerprint density at radius 1 is 1.32 bits per heavy atom. The van der Waals surface area contributed by atoms with Crippen molar-refractivity contribution >= 4 is 22.4 Å². The normalized spacial score (nSPS) is 16.8. The summed E-state index contributed by atoms with van der Waals surface area (Å²) in [7, 11) is 0. The minimum atomic E-state index is -3.59. The minimum absolute atomic E-state index is 0.209. The molecule has 0 atom stereocenters. The lowest BCUT2D eigenvalue weighted by Crippen LogP contribution is -2.33. The Labute approximate surface area is 149 Å². The topological polar surface area (TPSA) is 45.2 Å². The van der Waals surface area contributed by atoms with Crippen molar-refractivity contribution in [1.82, 2.24) is 9.88 Å². The number of hydrogen-bond donors (Lipinski definition) is 1. The fourth-order valence-electron chi connectivity index (χ4n) is 2.84. The summed E-state index contributed by atoms with van der Waals surface area (Å²) in [5, 5.41) is 4.27. The van der Waals surface area contributed by atoms with Gasteiger partial charge in [0.15, 0.2) is 5.13 Å². The van der Waals surface area contributed by atoms with Crippen molar-refractivity contribution in [3.63, 3.8) is 0 Å². The average molecular weight is 365 g/mol. The first kappa shape index (κ1) is 17.9. The first-order valence-electron chi connectivity index (χ1n) is 8.36. The number of nitrogens with zero attached hydrogens (tertiary/aromatic N) is 2. The van der Waals surface area contributed by atoms with Crippen LogP contribution in [-0.2, 0) is 17.3 Å². The predicted octanol–water partition coefficient (Wildman–Crippen LogP) is 4.11. The van der Waals surface area contributed by atoms with Crippen molar-refractivity contribution in [3.05, 3.63) is 47.0 Å². The zero-order valence-corrected chi connectivity index (χ0v) is 14.9. The van der Waals surface area contributed by atoms with E-state index in [-0.39, 0.29) is 10.7 Å². The zero-order chi connectivity index (χ0) is 17.9. The van der Waals surface area contributed by atoms with Gasteiger partial charge in [0, 0.05) is 17.5 Å². The Morgan fingerprint density at radius 3 is 2.68 bits per heavy atom. The van der Waals surface area contributed by atoms with Gasteiger partial charge in [0.25, 0.3) is 0 Å². The highest BCUT2D eigenvalue weighted by molar-refractivity contribution is 7.13. The van der Waals surface area contributed by atoms with Crippen LogP contribution >= 0.6 is 11.3 Å². The van der Waals surface area contributed by atoms with Crippen molar-refractivity contribution in [3.8, 4) is 0 Å². The number of hydrogen-bond acceptors (Lipinski definition) is 4. The van der Waals surface area contributed by atoms with Crippen molar-refractivity contribution in [2.75, 3.05) is 18.4 Å². The van der Waals surface area contributed by atoms with Gasteiger partial charge in [0.2, 0.25) is 0 Å². The molecule has 1 saturated heterocycles. The predicted molar refractivity (Wildman–Crippen MR) is 94.8 cm³/mol. The molecule has 1 aromatic carbocycles. The fourth-order valence-corrected chi connectivity index (χ4v) is 3.54. The molecule has 1 aliphatic heterocycles. The zero-order valence-electron chi connectivity index (χ0n) is 14.0. The molecule has 0 spiro atoms. The van der Waals surface area contributed by atoms with Gasteiger partial charge in [-0.1, -0.05) is 37.3 Å². The number of likely N-dealkylation sites (tertiary alicyclic amines) is 1. The van der Waals surface area contributed by atoms with Crippen LogP contribution in [0.15, 0.2) is 35.7 Å². The highest BCUT2D eigenvalue weighted by Gasteiger charge is 2.41. The lowest BCUT2D eigenvalue weighted by molar-refractivity contribution is -0.140. The number of thiazole rings is 1. The van der Waals surface area contributed by atoms with Crippen LogP contribution in [0.1, 0.15) is 31.0 Å². The van der Waals surface area contributed by atoms with E-state index in [4.69, 9.17) is 0 Å². The van der Waals surface area contributed by atoms with Crippen LogP contribution in [0, 0.1) is 5.92 Å². The molecule has 2 heterocycles. The van der Waals surface area contributed by atoms with Crippen LogP contribution in [0.25, 0.3) is 0 Å². The first-order valence-corrected chi connectivity index (χ1v) is 9.24. The molecule has 25 heavy (non-hydrogen) atoms. The molecule has 0 saturated carbocycles. The van der Waals surface area contributed by atoms with E-state index in [0.717, 1.165) is 37.5 Å². The van der Waals surface area contributed by atoms with Crippen LogP contribution in [0.3, 0.4) is 0 Å². The maximum atomic E-state index is 14.2. The molecule has 1 amide bonds. The number of carbonyl (C=O) groups is 1. The Kier molecular flexibility index (Phi) is 5.44. The van der Waals surface area contributed by atoms with Crippen molar-refractivity contribution in [1.29, 1.82) is 0 Å². The third-order valence-corrected chi connectivity index (χ3v) is 5.26. The molecular weight excluding hydrogens is 344 g/mol. The quantitative estimate of drug-likeness (QED) is 0.867. The third-order valence-electron chi connectivity index (χ3n) is 4.46. The van der Waals surface area contributed by atoms with Gasteiger partial charge in [-0.3, -0.25) is 15.0 Å².